The number of rotatable bonds is 0. The molecule has 17 heavy (non-hydrogen) atoms. The molecule has 0 amide bonds. The third-order valence-corrected chi connectivity index (χ3v) is 4.29. The molecule has 1 aromatic carbocycles. The fourth-order valence-corrected chi connectivity index (χ4v) is 3.49. The van der Waals surface area contributed by atoms with Gasteiger partial charge in [-0.2, -0.15) is 0 Å². The molecule has 0 saturated heterocycles. The molecule has 1 aromatic rings. The van der Waals surface area contributed by atoms with Crippen LogP contribution in [0.15, 0.2) is 23.2 Å². The predicted molar refractivity (Wildman–Crippen MR) is 75.1 cm³/mol. The van der Waals surface area contributed by atoms with Crippen LogP contribution in [0, 0.1) is 0 Å². The second kappa shape index (κ2) is 3.98. The van der Waals surface area contributed by atoms with E-state index in [1.165, 1.54) is 11.0 Å². The topological polar surface area (TPSA) is 47.6 Å². The van der Waals surface area contributed by atoms with Gasteiger partial charge >= 0.3 is 0 Å². The SMILES string of the molecule is Bc1ccc2c(c1)C1(CCO2)CCSC(N)=N1. The van der Waals surface area contributed by atoms with Crippen molar-refractivity contribution in [3.05, 3.63) is 23.8 Å². The summed E-state index contributed by atoms with van der Waals surface area (Å²) in [5.74, 6) is 2.02. The van der Waals surface area contributed by atoms with Gasteiger partial charge in [0, 0.05) is 17.7 Å². The molecular formula is C12H15BN2OS. The highest BCUT2D eigenvalue weighted by molar-refractivity contribution is 8.13. The summed E-state index contributed by atoms with van der Waals surface area (Å²) in [5, 5.41) is 0.714. The first-order valence-corrected chi connectivity index (χ1v) is 6.90. The molecule has 2 heterocycles. The number of aliphatic imine (C=N–C) groups is 1. The van der Waals surface area contributed by atoms with Gasteiger partial charge in [-0.3, -0.25) is 4.99 Å². The van der Waals surface area contributed by atoms with Gasteiger partial charge < -0.3 is 10.5 Å². The van der Waals surface area contributed by atoms with Crippen molar-refractivity contribution in [2.24, 2.45) is 10.7 Å². The Morgan fingerprint density at radius 1 is 1.41 bits per heavy atom. The van der Waals surface area contributed by atoms with E-state index in [-0.39, 0.29) is 5.54 Å². The van der Waals surface area contributed by atoms with Gasteiger partial charge in [0.1, 0.15) is 13.6 Å². The molecule has 0 saturated carbocycles. The second-order valence-corrected chi connectivity index (χ2v) is 5.79. The first kappa shape index (κ1) is 11.0. The Kier molecular flexibility index (Phi) is 2.58. The summed E-state index contributed by atoms with van der Waals surface area (Å²) in [6, 6.07) is 6.34. The van der Waals surface area contributed by atoms with Crippen LogP contribution in [-0.2, 0) is 5.54 Å². The quantitative estimate of drug-likeness (QED) is 0.673. The zero-order valence-corrected chi connectivity index (χ0v) is 10.7. The summed E-state index contributed by atoms with van der Waals surface area (Å²) in [5.41, 5.74) is 8.24. The van der Waals surface area contributed by atoms with Gasteiger partial charge in [-0.15, -0.1) is 0 Å². The molecule has 3 nitrogen and oxygen atoms in total. The zero-order valence-electron chi connectivity index (χ0n) is 9.90. The van der Waals surface area contributed by atoms with Crippen LogP contribution >= 0.6 is 11.8 Å². The summed E-state index contributed by atoms with van der Waals surface area (Å²) in [7, 11) is 2.10. The Balaban J connectivity index is 2.15. The van der Waals surface area contributed by atoms with Crippen LogP contribution in [0.25, 0.3) is 0 Å². The molecule has 5 heteroatoms. The van der Waals surface area contributed by atoms with Crippen LogP contribution in [-0.4, -0.2) is 25.4 Å². The molecule has 0 radical (unpaired) electrons. The minimum absolute atomic E-state index is 0.130. The Morgan fingerprint density at radius 2 is 2.29 bits per heavy atom. The van der Waals surface area contributed by atoms with Crippen molar-refractivity contribution in [1.29, 1.82) is 0 Å². The Morgan fingerprint density at radius 3 is 3.12 bits per heavy atom. The minimum atomic E-state index is -0.130. The van der Waals surface area contributed by atoms with E-state index in [1.54, 1.807) is 11.8 Å². The second-order valence-electron chi connectivity index (χ2n) is 4.68. The molecule has 3 rings (SSSR count). The van der Waals surface area contributed by atoms with Gasteiger partial charge in [0.05, 0.1) is 12.1 Å². The number of thioether (sulfide) groups is 1. The summed E-state index contributed by atoms with van der Waals surface area (Å²) < 4.78 is 5.72. The van der Waals surface area contributed by atoms with Crippen LogP contribution in [0.3, 0.4) is 0 Å². The van der Waals surface area contributed by atoms with Gasteiger partial charge in [-0.25, -0.2) is 0 Å². The molecule has 1 unspecified atom stereocenters. The monoisotopic (exact) mass is 246 g/mol. The zero-order chi connectivity index (χ0) is 11.9. The molecule has 0 bridgehead atoms. The Bertz CT molecular complexity index is 491. The van der Waals surface area contributed by atoms with Gasteiger partial charge in [-0.1, -0.05) is 29.4 Å². The fraction of sp³-hybridized carbons (Fsp3) is 0.417. The lowest BCUT2D eigenvalue weighted by atomic mass is 9.80. The highest BCUT2D eigenvalue weighted by Gasteiger charge is 2.39. The van der Waals surface area contributed by atoms with Crippen LogP contribution in [0.4, 0.5) is 0 Å². The number of amidine groups is 1. The molecule has 2 N–H and O–H groups in total. The number of nitrogens with zero attached hydrogens (tertiary/aromatic N) is 1. The smallest absolute Gasteiger partial charge is 0.154 e. The third kappa shape index (κ3) is 1.82. The third-order valence-electron chi connectivity index (χ3n) is 3.50. The number of hydrogen-bond donors (Lipinski definition) is 1. The number of fused-ring (bicyclic) bond motifs is 2. The first-order valence-electron chi connectivity index (χ1n) is 5.92. The molecule has 0 aromatic heterocycles. The number of hydrogen-bond acceptors (Lipinski definition) is 4. The number of nitrogens with two attached hydrogens (primary N) is 1. The van der Waals surface area contributed by atoms with E-state index < -0.39 is 0 Å². The predicted octanol–water partition coefficient (Wildman–Crippen LogP) is 0.374. The van der Waals surface area contributed by atoms with E-state index in [2.05, 4.69) is 26.0 Å². The van der Waals surface area contributed by atoms with Crippen molar-refractivity contribution in [1.82, 2.24) is 0 Å². The summed E-state index contributed by atoms with van der Waals surface area (Å²) >= 11 is 1.65. The molecule has 2 aliphatic rings. The van der Waals surface area contributed by atoms with Crippen LogP contribution < -0.4 is 15.9 Å². The van der Waals surface area contributed by atoms with E-state index in [9.17, 15) is 0 Å². The molecule has 88 valence electrons. The molecule has 1 spiro atoms. The maximum Gasteiger partial charge on any atom is 0.154 e. The van der Waals surface area contributed by atoms with E-state index in [0.29, 0.717) is 5.17 Å². The van der Waals surface area contributed by atoms with Gasteiger partial charge in [0.2, 0.25) is 0 Å². The van der Waals surface area contributed by atoms with Gasteiger partial charge in [0.25, 0.3) is 0 Å². The van der Waals surface area contributed by atoms with Crippen LogP contribution in [0.5, 0.6) is 5.75 Å². The van der Waals surface area contributed by atoms with Crippen molar-refractivity contribution in [2.75, 3.05) is 12.4 Å². The summed E-state index contributed by atoms with van der Waals surface area (Å²) in [4.78, 5) is 4.73. The standard InChI is InChI=1S/C12H15BN2OS/c13-8-1-2-10-9(7-8)12(3-5-16-10)4-6-17-11(14)15-12/h1-2,7H,3-6,13H2,(H2,14,15). The van der Waals surface area contributed by atoms with E-state index >= 15 is 0 Å². The van der Waals surface area contributed by atoms with Crippen molar-refractivity contribution < 1.29 is 4.74 Å². The normalized spacial score (nSPS) is 27.2. The maximum absolute atomic E-state index is 5.91. The average Bonchev–Trinajstić information content (AvgIpc) is 2.30. The molecule has 0 fully saturated rings. The highest BCUT2D eigenvalue weighted by Crippen LogP contribution is 2.44. The minimum Gasteiger partial charge on any atom is -0.493 e. The molecule has 0 aliphatic carbocycles. The Hall–Kier alpha value is -1.10. The summed E-state index contributed by atoms with van der Waals surface area (Å²) in [6.45, 7) is 0.734. The molecule has 1 atom stereocenters. The average molecular weight is 246 g/mol. The highest BCUT2D eigenvalue weighted by atomic mass is 32.2. The van der Waals surface area contributed by atoms with E-state index in [0.717, 1.165) is 31.0 Å². The number of ether oxygens (including phenoxy) is 1. The van der Waals surface area contributed by atoms with Crippen LogP contribution in [0.1, 0.15) is 18.4 Å². The molecular weight excluding hydrogens is 231 g/mol. The fourth-order valence-electron chi connectivity index (χ4n) is 2.60. The lowest BCUT2D eigenvalue weighted by Crippen LogP contribution is -2.37. The Labute approximate surface area is 106 Å². The van der Waals surface area contributed by atoms with Crippen molar-refractivity contribution >= 4 is 30.2 Å². The van der Waals surface area contributed by atoms with Crippen molar-refractivity contribution in [2.45, 2.75) is 18.4 Å². The van der Waals surface area contributed by atoms with E-state index in [4.69, 9.17) is 15.5 Å². The lowest BCUT2D eigenvalue weighted by molar-refractivity contribution is 0.214. The van der Waals surface area contributed by atoms with Crippen molar-refractivity contribution in [3.63, 3.8) is 0 Å². The first-order chi connectivity index (χ1) is 8.20. The maximum atomic E-state index is 5.91. The number of benzene rings is 1. The van der Waals surface area contributed by atoms with Gasteiger partial charge in [-0.05, 0) is 12.5 Å². The molecule has 2 aliphatic heterocycles. The van der Waals surface area contributed by atoms with Gasteiger partial charge in [0.15, 0.2) is 5.17 Å². The summed E-state index contributed by atoms with van der Waals surface area (Å²) in [6.07, 6.45) is 1.99. The lowest BCUT2D eigenvalue weighted by Gasteiger charge is -2.38. The largest absolute Gasteiger partial charge is 0.493 e. The van der Waals surface area contributed by atoms with E-state index in [1.807, 2.05) is 0 Å². The van der Waals surface area contributed by atoms with Crippen molar-refractivity contribution in [3.8, 4) is 5.75 Å². The van der Waals surface area contributed by atoms with Crippen LogP contribution in [0.2, 0.25) is 0 Å².